The van der Waals surface area contributed by atoms with E-state index in [0.717, 1.165) is 22.3 Å². The van der Waals surface area contributed by atoms with E-state index < -0.39 is 5.92 Å². The molecule has 4 heteroatoms. The number of halogens is 2. The minimum atomic E-state index is -0.647. The first-order valence-corrected chi connectivity index (χ1v) is 7.73. The molecule has 0 spiro atoms. The standard InChI is InChI=1S/C19H18F2O2/c1-11(2)23-19(22)18-16-7-5-14(20)9-12(16)3-4-13-10-15(21)6-8-17(13)18/h5-11,18H,3-4H2,1-2H3. The Morgan fingerprint density at radius 2 is 1.48 bits per heavy atom. The molecule has 0 bridgehead atoms. The quantitative estimate of drug-likeness (QED) is 0.778. The van der Waals surface area contributed by atoms with E-state index in [4.69, 9.17) is 4.74 Å². The number of rotatable bonds is 2. The molecule has 0 unspecified atom stereocenters. The minimum Gasteiger partial charge on any atom is -0.462 e. The number of aryl methyl sites for hydroxylation is 2. The van der Waals surface area contributed by atoms with Gasteiger partial charge in [-0.1, -0.05) is 12.1 Å². The van der Waals surface area contributed by atoms with E-state index in [0.29, 0.717) is 12.8 Å². The van der Waals surface area contributed by atoms with Gasteiger partial charge in [-0.25, -0.2) is 8.78 Å². The third-order valence-electron chi connectivity index (χ3n) is 4.08. The second-order valence-electron chi connectivity index (χ2n) is 6.10. The van der Waals surface area contributed by atoms with Gasteiger partial charge >= 0.3 is 5.97 Å². The molecule has 2 aromatic rings. The molecule has 0 atom stereocenters. The summed E-state index contributed by atoms with van der Waals surface area (Å²) in [6.45, 7) is 3.57. The molecule has 0 radical (unpaired) electrons. The number of ether oxygens (including phenoxy) is 1. The van der Waals surface area contributed by atoms with Crippen LogP contribution in [0, 0.1) is 11.6 Å². The molecule has 0 saturated heterocycles. The molecule has 0 N–H and O–H groups in total. The molecule has 1 aliphatic rings. The van der Waals surface area contributed by atoms with Gasteiger partial charge in [0.1, 0.15) is 17.6 Å². The molecule has 0 saturated carbocycles. The van der Waals surface area contributed by atoms with Gasteiger partial charge in [0.25, 0.3) is 0 Å². The Kier molecular flexibility index (Phi) is 4.16. The Bertz CT molecular complexity index is 700. The number of carbonyl (C=O) groups is 1. The topological polar surface area (TPSA) is 26.3 Å². The highest BCUT2D eigenvalue weighted by Gasteiger charge is 2.31. The van der Waals surface area contributed by atoms with Crippen molar-refractivity contribution in [3.8, 4) is 0 Å². The molecule has 2 aromatic carbocycles. The Labute approximate surface area is 134 Å². The van der Waals surface area contributed by atoms with Crippen molar-refractivity contribution in [1.29, 1.82) is 0 Å². The van der Waals surface area contributed by atoms with E-state index >= 15 is 0 Å². The molecular weight excluding hydrogens is 298 g/mol. The lowest BCUT2D eigenvalue weighted by Gasteiger charge is -2.20. The Balaban J connectivity index is 2.16. The highest BCUT2D eigenvalue weighted by Crippen LogP contribution is 2.36. The Hall–Kier alpha value is -2.23. The highest BCUT2D eigenvalue weighted by atomic mass is 19.1. The summed E-state index contributed by atoms with van der Waals surface area (Å²) in [4.78, 5) is 12.6. The fraction of sp³-hybridized carbons (Fsp3) is 0.316. The number of carbonyl (C=O) groups excluding carboxylic acids is 1. The third kappa shape index (κ3) is 3.11. The third-order valence-corrected chi connectivity index (χ3v) is 4.08. The highest BCUT2D eigenvalue weighted by molar-refractivity contribution is 5.83. The molecule has 0 heterocycles. The zero-order valence-electron chi connectivity index (χ0n) is 13.1. The Morgan fingerprint density at radius 1 is 1.00 bits per heavy atom. The van der Waals surface area contributed by atoms with Crippen molar-refractivity contribution in [3.05, 3.63) is 70.3 Å². The number of hydrogen-bond acceptors (Lipinski definition) is 2. The summed E-state index contributed by atoms with van der Waals surface area (Å²) in [6, 6.07) is 8.87. The largest absolute Gasteiger partial charge is 0.462 e. The lowest BCUT2D eigenvalue weighted by Crippen LogP contribution is -2.21. The van der Waals surface area contributed by atoms with Gasteiger partial charge in [-0.3, -0.25) is 4.79 Å². The van der Waals surface area contributed by atoms with Crippen LogP contribution in [0.3, 0.4) is 0 Å². The first kappa shape index (κ1) is 15.7. The van der Waals surface area contributed by atoms with Crippen molar-refractivity contribution in [3.63, 3.8) is 0 Å². The first-order valence-electron chi connectivity index (χ1n) is 7.73. The van der Waals surface area contributed by atoms with Crippen LogP contribution in [-0.4, -0.2) is 12.1 Å². The van der Waals surface area contributed by atoms with Crippen LogP contribution in [0.25, 0.3) is 0 Å². The minimum absolute atomic E-state index is 0.251. The number of hydrogen-bond donors (Lipinski definition) is 0. The first-order chi connectivity index (χ1) is 11.0. The van der Waals surface area contributed by atoms with Gasteiger partial charge in [-0.2, -0.15) is 0 Å². The molecular formula is C19H18F2O2. The van der Waals surface area contributed by atoms with Crippen molar-refractivity contribution >= 4 is 5.97 Å². The van der Waals surface area contributed by atoms with Crippen LogP contribution in [0.15, 0.2) is 36.4 Å². The summed E-state index contributed by atoms with van der Waals surface area (Å²) in [5.41, 5.74) is 3.02. The van der Waals surface area contributed by atoms with Crippen LogP contribution in [0.5, 0.6) is 0 Å². The SMILES string of the molecule is CC(C)OC(=O)C1c2ccc(F)cc2CCc2cc(F)ccc21. The van der Waals surface area contributed by atoms with Crippen molar-refractivity contribution < 1.29 is 18.3 Å². The van der Waals surface area contributed by atoms with Gasteiger partial charge in [-0.05, 0) is 73.2 Å². The van der Waals surface area contributed by atoms with Gasteiger partial charge in [0.15, 0.2) is 0 Å². The summed E-state index contributed by atoms with van der Waals surface area (Å²) in [5, 5.41) is 0. The van der Waals surface area contributed by atoms with Crippen molar-refractivity contribution in [1.82, 2.24) is 0 Å². The number of esters is 1. The van der Waals surface area contributed by atoms with Gasteiger partial charge in [0.05, 0.1) is 6.10 Å². The average Bonchev–Trinajstić information content (AvgIpc) is 2.62. The van der Waals surface area contributed by atoms with E-state index in [1.54, 1.807) is 26.0 Å². The van der Waals surface area contributed by atoms with Crippen LogP contribution in [0.2, 0.25) is 0 Å². The second kappa shape index (κ2) is 6.11. The summed E-state index contributed by atoms with van der Waals surface area (Å²) in [7, 11) is 0. The van der Waals surface area contributed by atoms with Gasteiger partial charge < -0.3 is 4.74 Å². The van der Waals surface area contributed by atoms with Crippen molar-refractivity contribution in [2.75, 3.05) is 0 Å². The van der Waals surface area contributed by atoms with Gasteiger partial charge in [0, 0.05) is 0 Å². The lowest BCUT2D eigenvalue weighted by molar-refractivity contribution is -0.148. The summed E-state index contributed by atoms with van der Waals surface area (Å²) in [6.07, 6.45) is 0.878. The van der Waals surface area contributed by atoms with Crippen molar-refractivity contribution in [2.24, 2.45) is 0 Å². The van der Waals surface area contributed by atoms with Gasteiger partial charge in [-0.15, -0.1) is 0 Å². The van der Waals surface area contributed by atoms with E-state index in [1.165, 1.54) is 24.3 Å². The second-order valence-corrected chi connectivity index (χ2v) is 6.10. The fourth-order valence-corrected chi connectivity index (χ4v) is 3.14. The molecule has 23 heavy (non-hydrogen) atoms. The van der Waals surface area contributed by atoms with Crippen LogP contribution in [-0.2, 0) is 22.4 Å². The predicted octanol–water partition coefficient (Wildman–Crippen LogP) is 4.15. The van der Waals surface area contributed by atoms with E-state index in [1.807, 2.05) is 0 Å². The fourth-order valence-electron chi connectivity index (χ4n) is 3.14. The maximum atomic E-state index is 13.6. The average molecular weight is 316 g/mol. The van der Waals surface area contributed by atoms with Gasteiger partial charge in [0.2, 0.25) is 0 Å². The normalized spacial score (nSPS) is 14.1. The number of fused-ring (bicyclic) bond motifs is 2. The molecule has 0 aliphatic heterocycles. The van der Waals surface area contributed by atoms with Crippen LogP contribution in [0.4, 0.5) is 8.78 Å². The molecule has 0 aromatic heterocycles. The van der Waals surface area contributed by atoms with E-state index in [2.05, 4.69) is 0 Å². The molecule has 3 rings (SSSR count). The lowest BCUT2D eigenvalue weighted by atomic mass is 9.88. The zero-order valence-corrected chi connectivity index (χ0v) is 13.1. The van der Waals surface area contributed by atoms with Crippen LogP contribution < -0.4 is 0 Å². The summed E-state index contributed by atoms with van der Waals surface area (Å²) in [5.74, 6) is -1.71. The maximum absolute atomic E-state index is 13.6. The zero-order chi connectivity index (χ0) is 16.6. The summed E-state index contributed by atoms with van der Waals surface area (Å²) >= 11 is 0. The van der Waals surface area contributed by atoms with Crippen LogP contribution in [0.1, 0.15) is 42.0 Å². The van der Waals surface area contributed by atoms with E-state index in [9.17, 15) is 13.6 Å². The number of benzene rings is 2. The smallest absolute Gasteiger partial charge is 0.318 e. The Morgan fingerprint density at radius 3 is 1.91 bits per heavy atom. The van der Waals surface area contributed by atoms with Crippen molar-refractivity contribution in [2.45, 2.75) is 38.7 Å². The van der Waals surface area contributed by atoms with Crippen LogP contribution >= 0.6 is 0 Å². The predicted molar refractivity (Wildman–Crippen MR) is 83.3 cm³/mol. The van der Waals surface area contributed by atoms with E-state index in [-0.39, 0.29) is 23.7 Å². The molecule has 2 nitrogen and oxygen atoms in total. The molecule has 1 aliphatic carbocycles. The summed E-state index contributed by atoms with van der Waals surface area (Å²) < 4.78 is 32.6. The molecule has 120 valence electrons. The monoisotopic (exact) mass is 316 g/mol. The molecule has 0 fully saturated rings. The maximum Gasteiger partial charge on any atom is 0.318 e. The molecule has 0 amide bonds.